The predicted octanol–water partition coefficient (Wildman–Crippen LogP) is 3.33. The number of hydrogen-bond acceptors (Lipinski definition) is 3. The lowest BCUT2D eigenvalue weighted by Gasteiger charge is -2.12. The van der Waals surface area contributed by atoms with Gasteiger partial charge in [0.25, 0.3) is 11.8 Å². The summed E-state index contributed by atoms with van der Waals surface area (Å²) in [6.07, 6.45) is 0. The first-order valence-corrected chi connectivity index (χ1v) is 8.31. The summed E-state index contributed by atoms with van der Waals surface area (Å²) in [6.45, 7) is 6.42. The molecule has 0 aromatic heterocycles. The van der Waals surface area contributed by atoms with Crippen molar-refractivity contribution in [3.8, 4) is 0 Å². The average Bonchev–Trinajstić information content (AvgIpc) is 2.61. The van der Waals surface area contributed by atoms with Gasteiger partial charge in [-0.25, -0.2) is 4.79 Å². The van der Waals surface area contributed by atoms with E-state index in [1.807, 2.05) is 13.8 Å². The highest BCUT2D eigenvalue weighted by atomic mass is 16.4. The van der Waals surface area contributed by atoms with Crippen LogP contribution in [0.25, 0.3) is 0 Å². The summed E-state index contributed by atoms with van der Waals surface area (Å²) >= 11 is 0. The van der Waals surface area contributed by atoms with Crippen LogP contribution in [0.3, 0.4) is 0 Å². The first-order chi connectivity index (χ1) is 12.3. The van der Waals surface area contributed by atoms with Crippen molar-refractivity contribution in [1.82, 2.24) is 5.32 Å². The SMILES string of the molecule is Cc1cc(C(=O)NCC(C)C)ccc1NC(=O)c1cccc(C(=O)O)c1. The summed E-state index contributed by atoms with van der Waals surface area (Å²) in [6, 6.07) is 10.8. The topological polar surface area (TPSA) is 95.5 Å². The number of carboxylic acid groups (broad SMARTS) is 1. The van der Waals surface area contributed by atoms with Gasteiger partial charge < -0.3 is 15.7 Å². The fourth-order valence-electron chi connectivity index (χ4n) is 2.33. The molecule has 0 aliphatic heterocycles. The van der Waals surface area contributed by atoms with Crippen LogP contribution in [-0.4, -0.2) is 29.4 Å². The van der Waals surface area contributed by atoms with E-state index in [9.17, 15) is 14.4 Å². The van der Waals surface area contributed by atoms with Gasteiger partial charge in [-0.3, -0.25) is 9.59 Å². The lowest BCUT2D eigenvalue weighted by atomic mass is 10.1. The van der Waals surface area contributed by atoms with Crippen LogP contribution in [0.1, 0.15) is 50.5 Å². The van der Waals surface area contributed by atoms with Crippen molar-refractivity contribution in [3.05, 3.63) is 64.7 Å². The predicted molar refractivity (Wildman–Crippen MR) is 99.7 cm³/mol. The van der Waals surface area contributed by atoms with E-state index in [0.717, 1.165) is 5.56 Å². The van der Waals surface area contributed by atoms with Crippen molar-refractivity contribution in [2.45, 2.75) is 20.8 Å². The van der Waals surface area contributed by atoms with E-state index in [0.29, 0.717) is 23.7 Å². The molecule has 0 unspecified atom stereocenters. The van der Waals surface area contributed by atoms with Crippen LogP contribution >= 0.6 is 0 Å². The van der Waals surface area contributed by atoms with Gasteiger partial charge in [-0.05, 0) is 54.8 Å². The fraction of sp³-hybridized carbons (Fsp3) is 0.250. The Balaban J connectivity index is 2.12. The second-order valence-corrected chi connectivity index (χ2v) is 6.47. The number of aryl methyl sites for hydroxylation is 1. The number of carbonyl (C=O) groups excluding carboxylic acids is 2. The van der Waals surface area contributed by atoms with Crippen LogP contribution in [0, 0.1) is 12.8 Å². The number of carboxylic acids is 1. The van der Waals surface area contributed by atoms with Gasteiger partial charge in [0.2, 0.25) is 0 Å². The van der Waals surface area contributed by atoms with Gasteiger partial charge in [0.05, 0.1) is 5.56 Å². The van der Waals surface area contributed by atoms with Gasteiger partial charge >= 0.3 is 5.97 Å². The maximum absolute atomic E-state index is 12.4. The molecular formula is C20H22N2O4. The molecule has 0 atom stereocenters. The van der Waals surface area contributed by atoms with Gasteiger partial charge in [0.15, 0.2) is 0 Å². The molecule has 0 radical (unpaired) electrons. The van der Waals surface area contributed by atoms with Crippen LogP contribution in [0.4, 0.5) is 5.69 Å². The molecule has 0 fully saturated rings. The monoisotopic (exact) mass is 354 g/mol. The van der Waals surface area contributed by atoms with Gasteiger partial charge in [-0.1, -0.05) is 19.9 Å². The second-order valence-electron chi connectivity index (χ2n) is 6.47. The normalized spacial score (nSPS) is 10.5. The Hall–Kier alpha value is -3.15. The van der Waals surface area contributed by atoms with E-state index < -0.39 is 11.9 Å². The van der Waals surface area contributed by atoms with Crippen LogP contribution in [0.5, 0.6) is 0 Å². The molecule has 0 bridgehead atoms. The molecular weight excluding hydrogens is 332 g/mol. The molecule has 6 heteroatoms. The fourth-order valence-corrected chi connectivity index (χ4v) is 2.33. The van der Waals surface area contributed by atoms with E-state index in [-0.39, 0.29) is 17.0 Å². The van der Waals surface area contributed by atoms with Gasteiger partial charge in [-0.2, -0.15) is 0 Å². The Kier molecular flexibility index (Phi) is 6.11. The minimum Gasteiger partial charge on any atom is -0.478 e. The van der Waals surface area contributed by atoms with Gasteiger partial charge in [0.1, 0.15) is 0 Å². The zero-order valence-electron chi connectivity index (χ0n) is 15.0. The summed E-state index contributed by atoms with van der Waals surface area (Å²) in [7, 11) is 0. The molecule has 3 N–H and O–H groups in total. The standard InChI is InChI=1S/C20H22N2O4/c1-12(2)11-21-18(23)15-7-8-17(13(3)9-15)22-19(24)14-5-4-6-16(10-14)20(25)26/h4-10,12H,11H2,1-3H3,(H,21,23)(H,22,24)(H,25,26). The van der Waals surface area contributed by atoms with E-state index in [1.165, 1.54) is 18.2 Å². The van der Waals surface area contributed by atoms with Crippen molar-refractivity contribution in [2.24, 2.45) is 5.92 Å². The molecule has 2 rings (SSSR count). The molecule has 26 heavy (non-hydrogen) atoms. The molecule has 0 heterocycles. The molecule has 2 aromatic rings. The highest BCUT2D eigenvalue weighted by molar-refractivity contribution is 6.06. The summed E-state index contributed by atoms with van der Waals surface area (Å²) < 4.78 is 0. The highest BCUT2D eigenvalue weighted by Crippen LogP contribution is 2.18. The summed E-state index contributed by atoms with van der Waals surface area (Å²) in [4.78, 5) is 35.5. The number of aromatic carboxylic acids is 1. The number of hydrogen-bond donors (Lipinski definition) is 3. The third-order valence-corrected chi connectivity index (χ3v) is 3.78. The van der Waals surface area contributed by atoms with Crippen LogP contribution in [-0.2, 0) is 0 Å². The minimum atomic E-state index is -1.09. The van der Waals surface area contributed by atoms with Crippen molar-refractivity contribution in [1.29, 1.82) is 0 Å². The van der Waals surface area contributed by atoms with Crippen LogP contribution < -0.4 is 10.6 Å². The lowest BCUT2D eigenvalue weighted by molar-refractivity contribution is 0.0696. The van der Waals surface area contributed by atoms with Gasteiger partial charge in [0, 0.05) is 23.4 Å². The molecule has 0 aliphatic carbocycles. The molecule has 0 aliphatic rings. The van der Waals surface area contributed by atoms with Crippen LogP contribution in [0.2, 0.25) is 0 Å². The maximum atomic E-state index is 12.4. The molecule has 0 saturated carbocycles. The lowest BCUT2D eigenvalue weighted by Crippen LogP contribution is -2.27. The molecule has 6 nitrogen and oxygen atoms in total. The summed E-state index contributed by atoms with van der Waals surface area (Å²) in [5, 5.41) is 14.6. The van der Waals surface area contributed by atoms with Crippen molar-refractivity contribution >= 4 is 23.5 Å². The third kappa shape index (κ3) is 4.92. The Morgan fingerprint density at radius 3 is 2.23 bits per heavy atom. The highest BCUT2D eigenvalue weighted by Gasteiger charge is 2.12. The Morgan fingerprint density at radius 1 is 0.962 bits per heavy atom. The zero-order chi connectivity index (χ0) is 19.3. The smallest absolute Gasteiger partial charge is 0.335 e. The second kappa shape index (κ2) is 8.29. The zero-order valence-corrected chi connectivity index (χ0v) is 15.0. The summed E-state index contributed by atoms with van der Waals surface area (Å²) in [5.41, 5.74) is 2.13. The third-order valence-electron chi connectivity index (χ3n) is 3.78. The Bertz CT molecular complexity index is 843. The quantitative estimate of drug-likeness (QED) is 0.741. The van der Waals surface area contributed by atoms with E-state index in [2.05, 4.69) is 10.6 Å². The summed E-state index contributed by atoms with van der Waals surface area (Å²) in [5.74, 6) is -1.30. The number of rotatable bonds is 6. The maximum Gasteiger partial charge on any atom is 0.335 e. The van der Waals surface area contributed by atoms with E-state index in [1.54, 1.807) is 31.2 Å². The number of anilines is 1. The number of carbonyl (C=O) groups is 3. The largest absolute Gasteiger partial charge is 0.478 e. The number of benzene rings is 2. The number of nitrogens with one attached hydrogen (secondary N) is 2. The van der Waals surface area contributed by atoms with E-state index in [4.69, 9.17) is 5.11 Å². The van der Waals surface area contributed by atoms with Gasteiger partial charge in [-0.15, -0.1) is 0 Å². The minimum absolute atomic E-state index is 0.0477. The van der Waals surface area contributed by atoms with E-state index >= 15 is 0 Å². The Labute approximate surface area is 152 Å². The molecule has 0 spiro atoms. The first kappa shape index (κ1) is 19.2. The first-order valence-electron chi connectivity index (χ1n) is 8.31. The molecule has 2 amide bonds. The Morgan fingerprint density at radius 2 is 1.62 bits per heavy atom. The van der Waals surface area contributed by atoms with Crippen LogP contribution in [0.15, 0.2) is 42.5 Å². The molecule has 2 aromatic carbocycles. The number of amides is 2. The van der Waals surface area contributed by atoms with Crippen molar-refractivity contribution < 1.29 is 19.5 Å². The molecule has 0 saturated heterocycles. The van der Waals surface area contributed by atoms with Crippen molar-refractivity contribution in [3.63, 3.8) is 0 Å². The molecule has 136 valence electrons. The average molecular weight is 354 g/mol. The van der Waals surface area contributed by atoms with Crippen molar-refractivity contribution in [2.75, 3.05) is 11.9 Å².